The lowest BCUT2D eigenvalue weighted by atomic mass is 10.0. The van der Waals surface area contributed by atoms with Crippen molar-refractivity contribution in [3.63, 3.8) is 0 Å². The van der Waals surface area contributed by atoms with Gasteiger partial charge in [-0.1, -0.05) is 18.2 Å². The lowest BCUT2D eigenvalue weighted by molar-refractivity contribution is -0.383. The van der Waals surface area contributed by atoms with Crippen molar-refractivity contribution in [3.05, 3.63) is 46.5 Å². The number of anilines is 1. The molecule has 14 heavy (non-hydrogen) atoms. The van der Waals surface area contributed by atoms with Crippen molar-refractivity contribution in [3.8, 4) is 0 Å². The molecule has 0 heterocycles. The molecule has 74 valence electrons. The number of hydrogen-bond acceptors (Lipinski definition) is 4. The van der Waals surface area contributed by atoms with Gasteiger partial charge in [-0.15, -0.1) is 6.58 Å². The molecule has 0 radical (unpaired) electrons. The summed E-state index contributed by atoms with van der Waals surface area (Å²) >= 11 is 0. The van der Waals surface area contributed by atoms with Crippen molar-refractivity contribution in [2.24, 2.45) is 5.73 Å². The molecule has 0 saturated carbocycles. The molecule has 0 saturated heterocycles. The summed E-state index contributed by atoms with van der Waals surface area (Å²) in [6.07, 6.45) is 1.48. The Balaban J connectivity index is 3.26. The summed E-state index contributed by atoms with van der Waals surface area (Å²) in [6.45, 7) is 3.50. The van der Waals surface area contributed by atoms with E-state index < -0.39 is 11.0 Å². The van der Waals surface area contributed by atoms with Gasteiger partial charge >= 0.3 is 0 Å². The Morgan fingerprint density at radius 3 is 2.71 bits per heavy atom. The van der Waals surface area contributed by atoms with E-state index in [0.717, 1.165) is 0 Å². The van der Waals surface area contributed by atoms with Crippen LogP contribution in [0.15, 0.2) is 30.9 Å². The van der Waals surface area contributed by atoms with E-state index in [9.17, 15) is 10.1 Å². The summed E-state index contributed by atoms with van der Waals surface area (Å²) in [6, 6.07) is 4.06. The molecule has 1 atom stereocenters. The van der Waals surface area contributed by atoms with Gasteiger partial charge in [0.05, 0.1) is 11.0 Å². The highest BCUT2D eigenvalue weighted by Crippen LogP contribution is 2.28. The minimum absolute atomic E-state index is 0.102. The summed E-state index contributed by atoms with van der Waals surface area (Å²) in [4.78, 5) is 10.0. The first-order valence-electron chi connectivity index (χ1n) is 3.99. The van der Waals surface area contributed by atoms with Crippen LogP contribution in [0, 0.1) is 10.1 Å². The molecule has 1 rings (SSSR count). The van der Waals surface area contributed by atoms with Gasteiger partial charge in [-0.2, -0.15) is 0 Å². The first-order valence-corrected chi connectivity index (χ1v) is 3.99. The highest BCUT2D eigenvalue weighted by Gasteiger charge is 2.16. The van der Waals surface area contributed by atoms with E-state index in [1.54, 1.807) is 12.1 Å². The van der Waals surface area contributed by atoms with Crippen LogP contribution in [0.1, 0.15) is 11.6 Å². The summed E-state index contributed by atoms with van der Waals surface area (Å²) in [7, 11) is 0. The first-order chi connectivity index (χ1) is 6.57. The molecule has 1 aromatic carbocycles. The maximum Gasteiger partial charge on any atom is 0.292 e. The zero-order chi connectivity index (χ0) is 10.7. The smallest absolute Gasteiger partial charge is 0.292 e. The number of nitrogens with two attached hydrogens (primary N) is 2. The van der Waals surface area contributed by atoms with Crippen LogP contribution in [0.4, 0.5) is 11.4 Å². The number of rotatable bonds is 3. The van der Waals surface area contributed by atoms with Crippen LogP contribution in [0.5, 0.6) is 0 Å². The van der Waals surface area contributed by atoms with Crippen LogP contribution in [0.2, 0.25) is 0 Å². The second-order valence-electron chi connectivity index (χ2n) is 2.80. The predicted octanol–water partition coefficient (Wildman–Crippen LogP) is 1.36. The average molecular weight is 193 g/mol. The Kier molecular flexibility index (Phi) is 2.83. The van der Waals surface area contributed by atoms with E-state index >= 15 is 0 Å². The standard InChI is InChI=1S/C9H11N3O2/c1-2-7(10)6-4-3-5-8(9(6)11)12(13)14/h2-5,7H,1,10-11H2. The fourth-order valence-electron chi connectivity index (χ4n) is 1.15. The van der Waals surface area contributed by atoms with Gasteiger partial charge < -0.3 is 11.5 Å². The molecule has 0 amide bonds. The van der Waals surface area contributed by atoms with Gasteiger partial charge in [0.15, 0.2) is 0 Å². The Morgan fingerprint density at radius 2 is 2.21 bits per heavy atom. The van der Waals surface area contributed by atoms with Crippen molar-refractivity contribution in [1.82, 2.24) is 0 Å². The third kappa shape index (κ3) is 1.72. The van der Waals surface area contributed by atoms with E-state index in [4.69, 9.17) is 11.5 Å². The van der Waals surface area contributed by atoms with Crippen LogP contribution >= 0.6 is 0 Å². The number of nitro groups is 1. The predicted molar refractivity (Wildman–Crippen MR) is 54.6 cm³/mol. The number of benzene rings is 1. The van der Waals surface area contributed by atoms with E-state index in [0.29, 0.717) is 5.56 Å². The Bertz CT molecular complexity index is 376. The number of nitrogen functional groups attached to an aromatic ring is 1. The number of nitrogens with zero attached hydrogens (tertiary/aromatic N) is 1. The lowest BCUT2D eigenvalue weighted by Crippen LogP contribution is -2.10. The Labute approximate surface area is 81.2 Å². The van der Waals surface area contributed by atoms with Crippen LogP contribution in [-0.4, -0.2) is 4.92 Å². The van der Waals surface area contributed by atoms with Gasteiger partial charge in [0.1, 0.15) is 5.69 Å². The molecule has 0 aromatic heterocycles. The molecule has 0 spiro atoms. The van der Waals surface area contributed by atoms with Gasteiger partial charge in [-0.05, 0) is 0 Å². The molecule has 0 aliphatic heterocycles. The van der Waals surface area contributed by atoms with E-state index in [2.05, 4.69) is 6.58 Å². The molecule has 4 N–H and O–H groups in total. The molecular formula is C9H11N3O2. The molecule has 1 unspecified atom stereocenters. The summed E-state index contributed by atoms with van der Waals surface area (Å²) in [5.41, 5.74) is 11.7. The molecule has 0 aliphatic carbocycles. The molecule has 0 aliphatic rings. The fourth-order valence-corrected chi connectivity index (χ4v) is 1.15. The minimum atomic E-state index is -0.533. The van der Waals surface area contributed by atoms with Gasteiger partial charge in [0.2, 0.25) is 0 Å². The van der Waals surface area contributed by atoms with Crippen molar-refractivity contribution >= 4 is 11.4 Å². The number of nitro benzene ring substituents is 1. The van der Waals surface area contributed by atoms with Crippen molar-refractivity contribution in [1.29, 1.82) is 0 Å². The second-order valence-corrected chi connectivity index (χ2v) is 2.80. The monoisotopic (exact) mass is 193 g/mol. The molecule has 0 bridgehead atoms. The quantitative estimate of drug-likeness (QED) is 0.328. The van der Waals surface area contributed by atoms with E-state index in [-0.39, 0.29) is 11.4 Å². The zero-order valence-electron chi connectivity index (χ0n) is 7.51. The topological polar surface area (TPSA) is 95.2 Å². The zero-order valence-corrected chi connectivity index (χ0v) is 7.51. The maximum absolute atomic E-state index is 10.5. The fraction of sp³-hybridized carbons (Fsp3) is 0.111. The lowest BCUT2D eigenvalue weighted by Gasteiger charge is -2.09. The highest BCUT2D eigenvalue weighted by molar-refractivity contribution is 5.64. The van der Waals surface area contributed by atoms with Crippen molar-refractivity contribution in [2.45, 2.75) is 6.04 Å². The second kappa shape index (κ2) is 3.89. The van der Waals surface area contributed by atoms with Crippen LogP contribution < -0.4 is 11.5 Å². The number of hydrogen-bond donors (Lipinski definition) is 2. The third-order valence-corrected chi connectivity index (χ3v) is 1.93. The van der Waals surface area contributed by atoms with Gasteiger partial charge in [-0.3, -0.25) is 10.1 Å². The van der Waals surface area contributed by atoms with Crippen LogP contribution in [0.3, 0.4) is 0 Å². The maximum atomic E-state index is 10.5. The van der Waals surface area contributed by atoms with Gasteiger partial charge in [0, 0.05) is 11.6 Å². The molecule has 0 fully saturated rings. The molecule has 5 heteroatoms. The van der Waals surface area contributed by atoms with Gasteiger partial charge in [-0.25, -0.2) is 0 Å². The summed E-state index contributed by atoms with van der Waals surface area (Å²) in [5, 5.41) is 10.5. The summed E-state index contributed by atoms with van der Waals surface area (Å²) in [5.74, 6) is 0. The average Bonchev–Trinajstić information content (AvgIpc) is 2.16. The van der Waals surface area contributed by atoms with Crippen molar-refractivity contribution in [2.75, 3.05) is 5.73 Å². The minimum Gasteiger partial charge on any atom is -0.393 e. The Hall–Kier alpha value is -1.88. The first kappa shape index (κ1) is 10.2. The highest BCUT2D eigenvalue weighted by atomic mass is 16.6. The SMILES string of the molecule is C=CC(N)c1cccc([N+](=O)[O-])c1N. The number of para-hydroxylation sites is 1. The van der Waals surface area contributed by atoms with Crippen molar-refractivity contribution < 1.29 is 4.92 Å². The normalized spacial score (nSPS) is 12.1. The molecule has 5 nitrogen and oxygen atoms in total. The van der Waals surface area contributed by atoms with E-state index in [1.807, 2.05) is 0 Å². The van der Waals surface area contributed by atoms with Crippen LogP contribution in [-0.2, 0) is 0 Å². The van der Waals surface area contributed by atoms with E-state index in [1.165, 1.54) is 12.1 Å². The Morgan fingerprint density at radius 1 is 1.57 bits per heavy atom. The molecular weight excluding hydrogens is 182 g/mol. The summed E-state index contributed by atoms with van der Waals surface area (Å²) < 4.78 is 0. The van der Waals surface area contributed by atoms with Crippen LogP contribution in [0.25, 0.3) is 0 Å². The molecule has 1 aromatic rings. The van der Waals surface area contributed by atoms with Gasteiger partial charge in [0.25, 0.3) is 5.69 Å². The largest absolute Gasteiger partial charge is 0.393 e. The third-order valence-electron chi connectivity index (χ3n) is 1.93.